The van der Waals surface area contributed by atoms with Crippen molar-refractivity contribution in [1.82, 2.24) is 0 Å². The minimum absolute atomic E-state index is 0.272. The van der Waals surface area contributed by atoms with Gasteiger partial charge in [-0.3, -0.25) is 4.79 Å². The highest BCUT2D eigenvalue weighted by atomic mass is 19.4. The zero-order valence-corrected chi connectivity index (χ0v) is 8.25. The lowest BCUT2D eigenvalue weighted by Crippen LogP contribution is -2.13. The maximum absolute atomic E-state index is 11.8. The summed E-state index contributed by atoms with van der Waals surface area (Å²) in [5, 5.41) is 0. The van der Waals surface area contributed by atoms with E-state index in [0.717, 1.165) is 0 Å². The number of primary amides is 1. The van der Waals surface area contributed by atoms with Crippen molar-refractivity contribution >= 4 is 5.91 Å². The lowest BCUT2D eigenvalue weighted by Gasteiger charge is -2.08. The first-order valence-corrected chi connectivity index (χ1v) is 4.48. The van der Waals surface area contributed by atoms with Crippen molar-refractivity contribution in [2.45, 2.75) is 12.6 Å². The second kappa shape index (κ2) is 4.87. The molecule has 0 aliphatic heterocycles. The van der Waals surface area contributed by atoms with Gasteiger partial charge in [0.2, 0.25) is 5.91 Å². The molecule has 0 atom stereocenters. The van der Waals surface area contributed by atoms with Crippen LogP contribution in [0.4, 0.5) is 13.2 Å². The van der Waals surface area contributed by atoms with Gasteiger partial charge < -0.3 is 10.5 Å². The quantitative estimate of drug-likeness (QED) is 0.865. The van der Waals surface area contributed by atoms with Gasteiger partial charge in [0, 0.05) is 5.56 Å². The van der Waals surface area contributed by atoms with Crippen LogP contribution < -0.4 is 10.5 Å². The summed E-state index contributed by atoms with van der Waals surface area (Å²) >= 11 is 0. The van der Waals surface area contributed by atoms with Crippen molar-refractivity contribution in [1.29, 1.82) is 0 Å². The van der Waals surface area contributed by atoms with Crippen LogP contribution in [0.5, 0.6) is 5.75 Å². The minimum atomic E-state index is -4.23. The summed E-state index contributed by atoms with van der Waals surface area (Å²) in [6.07, 6.45) is -5.24. The first-order chi connectivity index (χ1) is 7.38. The average Bonchev–Trinajstić information content (AvgIpc) is 2.16. The number of carbonyl (C=O) groups is 1. The predicted octanol–water partition coefficient (Wildman–Crippen LogP) is 2.12. The van der Waals surface area contributed by atoms with Crippen LogP contribution in [-0.4, -0.2) is 18.7 Å². The normalized spacial score (nSPS) is 11.2. The summed E-state index contributed by atoms with van der Waals surface area (Å²) in [6, 6.07) is 5.59. The molecule has 88 valence electrons. The summed E-state index contributed by atoms with van der Waals surface area (Å²) in [4.78, 5) is 10.7. The number of carbonyl (C=O) groups excluding carboxylic acids is 1. The van der Waals surface area contributed by atoms with Gasteiger partial charge in [0.05, 0.1) is 13.0 Å². The van der Waals surface area contributed by atoms with Crippen LogP contribution in [0, 0.1) is 0 Å². The fourth-order valence-corrected chi connectivity index (χ4v) is 1.00. The van der Waals surface area contributed by atoms with Gasteiger partial charge >= 0.3 is 6.18 Å². The van der Waals surface area contributed by atoms with E-state index in [-0.39, 0.29) is 11.3 Å². The molecule has 0 saturated heterocycles. The monoisotopic (exact) mass is 233 g/mol. The first kappa shape index (κ1) is 12.4. The molecule has 1 aromatic rings. The van der Waals surface area contributed by atoms with Crippen LogP contribution >= 0.6 is 0 Å². The van der Waals surface area contributed by atoms with Gasteiger partial charge in [-0.25, -0.2) is 0 Å². The smallest absolute Gasteiger partial charge is 0.392 e. The van der Waals surface area contributed by atoms with Crippen molar-refractivity contribution in [3.8, 4) is 5.75 Å². The third-order valence-electron chi connectivity index (χ3n) is 1.79. The van der Waals surface area contributed by atoms with Crippen LogP contribution in [0.3, 0.4) is 0 Å². The number of alkyl halides is 3. The standard InChI is InChI=1S/C10H10F3NO2/c11-10(12,13)5-6-16-8-3-1-7(2-4-8)9(14)15/h1-4H,5-6H2,(H2,14,15). The molecule has 0 radical (unpaired) electrons. The highest BCUT2D eigenvalue weighted by Gasteiger charge is 2.26. The summed E-state index contributed by atoms with van der Waals surface area (Å²) < 4.78 is 40.2. The molecule has 0 aromatic heterocycles. The Bertz CT molecular complexity index is 359. The molecule has 0 bridgehead atoms. The topological polar surface area (TPSA) is 52.3 Å². The van der Waals surface area contributed by atoms with E-state index >= 15 is 0 Å². The summed E-state index contributed by atoms with van der Waals surface area (Å²) in [5.41, 5.74) is 5.27. The highest BCUT2D eigenvalue weighted by molar-refractivity contribution is 5.92. The van der Waals surface area contributed by atoms with Crippen LogP contribution in [0.1, 0.15) is 16.8 Å². The van der Waals surface area contributed by atoms with E-state index in [1.807, 2.05) is 0 Å². The Morgan fingerprint density at radius 1 is 1.25 bits per heavy atom. The number of ether oxygens (including phenoxy) is 1. The van der Waals surface area contributed by atoms with Crippen molar-refractivity contribution < 1.29 is 22.7 Å². The van der Waals surface area contributed by atoms with E-state index in [2.05, 4.69) is 0 Å². The maximum atomic E-state index is 11.8. The molecule has 3 nitrogen and oxygen atoms in total. The Morgan fingerprint density at radius 2 is 1.81 bits per heavy atom. The van der Waals surface area contributed by atoms with Crippen LogP contribution in [0.2, 0.25) is 0 Å². The second-order valence-electron chi connectivity index (χ2n) is 3.10. The fourth-order valence-electron chi connectivity index (χ4n) is 1.00. The van der Waals surface area contributed by atoms with Gasteiger partial charge in [0.25, 0.3) is 0 Å². The summed E-state index contributed by atoms with van der Waals surface area (Å²) in [6.45, 7) is -0.445. The van der Waals surface area contributed by atoms with Crippen LogP contribution in [-0.2, 0) is 0 Å². The zero-order chi connectivity index (χ0) is 12.2. The van der Waals surface area contributed by atoms with Crippen molar-refractivity contribution in [3.05, 3.63) is 29.8 Å². The number of amides is 1. The van der Waals surface area contributed by atoms with Crippen molar-refractivity contribution in [2.75, 3.05) is 6.61 Å². The molecule has 0 fully saturated rings. The molecule has 0 saturated carbocycles. The first-order valence-electron chi connectivity index (χ1n) is 4.48. The molecule has 0 aliphatic carbocycles. The Labute approximate surface area is 90.0 Å². The van der Waals surface area contributed by atoms with Gasteiger partial charge in [0.15, 0.2) is 0 Å². The molecular weight excluding hydrogens is 223 g/mol. The van der Waals surface area contributed by atoms with Gasteiger partial charge in [-0.1, -0.05) is 0 Å². The Morgan fingerprint density at radius 3 is 2.25 bits per heavy atom. The van der Waals surface area contributed by atoms with E-state index in [9.17, 15) is 18.0 Å². The third kappa shape index (κ3) is 4.20. The van der Waals surface area contributed by atoms with Gasteiger partial charge in [-0.05, 0) is 24.3 Å². The molecular formula is C10H10F3NO2. The number of nitrogens with two attached hydrogens (primary N) is 1. The molecule has 0 spiro atoms. The molecule has 6 heteroatoms. The summed E-state index contributed by atoms with van der Waals surface area (Å²) in [7, 11) is 0. The van der Waals surface area contributed by atoms with E-state index in [1.165, 1.54) is 24.3 Å². The Hall–Kier alpha value is -1.72. The largest absolute Gasteiger partial charge is 0.493 e. The number of halogens is 3. The van der Waals surface area contributed by atoms with E-state index in [1.54, 1.807) is 0 Å². The Kier molecular flexibility index (Phi) is 3.76. The number of hydrogen-bond acceptors (Lipinski definition) is 2. The lowest BCUT2D eigenvalue weighted by molar-refractivity contribution is -0.139. The third-order valence-corrected chi connectivity index (χ3v) is 1.79. The van der Waals surface area contributed by atoms with Gasteiger partial charge in [-0.2, -0.15) is 13.2 Å². The average molecular weight is 233 g/mol. The maximum Gasteiger partial charge on any atom is 0.392 e. The predicted molar refractivity (Wildman–Crippen MR) is 51.1 cm³/mol. The van der Waals surface area contributed by atoms with E-state index in [4.69, 9.17) is 10.5 Å². The van der Waals surface area contributed by atoms with E-state index in [0.29, 0.717) is 0 Å². The van der Waals surface area contributed by atoms with E-state index < -0.39 is 25.1 Å². The highest BCUT2D eigenvalue weighted by Crippen LogP contribution is 2.20. The molecule has 1 aromatic carbocycles. The van der Waals surface area contributed by atoms with Gasteiger partial charge in [-0.15, -0.1) is 0 Å². The Balaban J connectivity index is 2.47. The number of benzene rings is 1. The molecule has 0 heterocycles. The SMILES string of the molecule is NC(=O)c1ccc(OCCC(F)(F)F)cc1. The molecule has 0 aliphatic rings. The summed E-state index contributed by atoms with van der Waals surface area (Å²) in [5.74, 6) is -0.323. The van der Waals surface area contributed by atoms with Crippen molar-refractivity contribution in [2.24, 2.45) is 5.73 Å². The molecule has 16 heavy (non-hydrogen) atoms. The molecule has 0 unspecified atom stereocenters. The number of rotatable bonds is 4. The van der Waals surface area contributed by atoms with Crippen molar-refractivity contribution in [3.63, 3.8) is 0 Å². The minimum Gasteiger partial charge on any atom is -0.493 e. The van der Waals surface area contributed by atoms with Crippen LogP contribution in [0.25, 0.3) is 0 Å². The number of hydrogen-bond donors (Lipinski definition) is 1. The second-order valence-corrected chi connectivity index (χ2v) is 3.10. The van der Waals surface area contributed by atoms with Crippen LogP contribution in [0.15, 0.2) is 24.3 Å². The molecule has 1 rings (SSSR count). The fraction of sp³-hybridized carbons (Fsp3) is 0.300. The molecule has 2 N–H and O–H groups in total. The lowest BCUT2D eigenvalue weighted by atomic mass is 10.2. The zero-order valence-electron chi connectivity index (χ0n) is 8.25. The van der Waals surface area contributed by atoms with Gasteiger partial charge in [0.1, 0.15) is 5.75 Å². The molecule has 1 amide bonds.